The minimum absolute atomic E-state index is 0.0170. The van der Waals surface area contributed by atoms with Gasteiger partial charge in [0, 0.05) is 5.41 Å². The van der Waals surface area contributed by atoms with Crippen LogP contribution in [-0.2, 0) is 19.4 Å². The van der Waals surface area contributed by atoms with Crippen LogP contribution >= 0.6 is 0 Å². The largest absolute Gasteiger partial charge is 0.451 e. The van der Waals surface area contributed by atoms with E-state index in [1.807, 2.05) is 0 Å². The quantitative estimate of drug-likeness (QED) is 0.642. The van der Waals surface area contributed by atoms with Crippen LogP contribution in [0.2, 0.25) is 0 Å². The maximum Gasteiger partial charge on any atom is 0.341 e. The Bertz CT molecular complexity index is 888. The standard InChI is InChI=1S/C21H24F2O5S/c1-12(18(24)21-9-13-6-14(10-21)8-15(7-13)11-21)28-19(25)16-2-4-17(5-3-16)29(26,27)20(22)23/h2-5,12-15,20H,6-11H2,1H3/t12-,13?,14?,15?,21?/m1/s1. The smallest absolute Gasteiger partial charge is 0.341 e. The van der Waals surface area contributed by atoms with Crippen LogP contribution in [-0.4, -0.2) is 32.0 Å². The van der Waals surface area contributed by atoms with Crippen molar-refractivity contribution in [1.29, 1.82) is 0 Å². The monoisotopic (exact) mass is 426 g/mol. The molecule has 158 valence electrons. The van der Waals surface area contributed by atoms with Crippen molar-refractivity contribution in [1.82, 2.24) is 0 Å². The van der Waals surface area contributed by atoms with E-state index >= 15 is 0 Å². The molecule has 5 rings (SSSR count). The third-order valence-corrected chi connectivity index (χ3v) is 8.27. The van der Waals surface area contributed by atoms with Crippen molar-refractivity contribution in [2.45, 2.75) is 62.2 Å². The Labute approximate surface area is 168 Å². The van der Waals surface area contributed by atoms with Crippen molar-refractivity contribution in [3.63, 3.8) is 0 Å². The Morgan fingerprint density at radius 1 is 1.00 bits per heavy atom. The molecule has 1 aromatic rings. The first-order valence-corrected chi connectivity index (χ1v) is 11.5. The number of halogens is 2. The third kappa shape index (κ3) is 3.60. The number of hydrogen-bond donors (Lipinski definition) is 0. The van der Waals surface area contributed by atoms with Crippen LogP contribution < -0.4 is 0 Å². The molecule has 8 heteroatoms. The fourth-order valence-corrected chi connectivity index (χ4v) is 6.73. The summed E-state index contributed by atoms with van der Waals surface area (Å²) in [5, 5.41) is 0. The molecule has 4 aliphatic rings. The number of sulfone groups is 1. The molecule has 4 aliphatic carbocycles. The van der Waals surface area contributed by atoms with Crippen molar-refractivity contribution in [2.24, 2.45) is 23.2 Å². The van der Waals surface area contributed by atoms with Gasteiger partial charge in [-0.1, -0.05) is 0 Å². The van der Waals surface area contributed by atoms with E-state index in [-0.39, 0.29) is 16.8 Å². The molecule has 29 heavy (non-hydrogen) atoms. The molecule has 0 amide bonds. The lowest BCUT2D eigenvalue weighted by Crippen LogP contribution is -2.52. The Balaban J connectivity index is 1.44. The molecule has 1 aromatic carbocycles. The van der Waals surface area contributed by atoms with E-state index in [1.54, 1.807) is 6.92 Å². The lowest BCUT2D eigenvalue weighted by molar-refractivity contribution is -0.152. The Morgan fingerprint density at radius 2 is 1.48 bits per heavy atom. The molecule has 0 aromatic heterocycles. The first-order chi connectivity index (χ1) is 13.6. The highest BCUT2D eigenvalue weighted by atomic mass is 32.2. The van der Waals surface area contributed by atoms with Crippen LogP contribution in [0, 0.1) is 23.2 Å². The van der Waals surface area contributed by atoms with Crippen molar-refractivity contribution < 1.29 is 31.5 Å². The zero-order chi connectivity index (χ0) is 21.0. The lowest BCUT2D eigenvalue weighted by atomic mass is 9.48. The highest BCUT2D eigenvalue weighted by Gasteiger charge is 2.55. The number of esters is 1. The molecule has 4 saturated carbocycles. The first-order valence-electron chi connectivity index (χ1n) is 9.98. The summed E-state index contributed by atoms with van der Waals surface area (Å²) >= 11 is 0. The number of Topliss-reactive ketones (excluding diaryl/α,β-unsaturated/α-hetero) is 1. The molecule has 0 saturated heterocycles. The zero-order valence-corrected chi connectivity index (χ0v) is 17.0. The Kier molecular flexibility index (Phi) is 5.04. The fraction of sp³-hybridized carbons (Fsp3) is 0.619. The molecule has 4 fully saturated rings. The predicted octanol–water partition coefficient (Wildman–Crippen LogP) is 4.01. The average Bonchev–Trinajstić information content (AvgIpc) is 2.66. The summed E-state index contributed by atoms with van der Waals surface area (Å²) in [5.41, 5.74) is -0.368. The lowest BCUT2D eigenvalue weighted by Gasteiger charge is -2.56. The summed E-state index contributed by atoms with van der Waals surface area (Å²) < 4.78 is 53.5. The number of benzene rings is 1. The molecular formula is C21H24F2O5S. The number of ketones is 1. The van der Waals surface area contributed by atoms with Gasteiger partial charge < -0.3 is 4.74 Å². The summed E-state index contributed by atoms with van der Waals surface area (Å²) in [7, 11) is -4.72. The number of alkyl halides is 2. The van der Waals surface area contributed by atoms with Gasteiger partial charge in [-0.25, -0.2) is 13.2 Å². The van der Waals surface area contributed by atoms with Crippen LogP contribution in [0.3, 0.4) is 0 Å². The first kappa shape index (κ1) is 20.4. The van der Waals surface area contributed by atoms with E-state index < -0.39 is 32.6 Å². The molecule has 0 N–H and O–H groups in total. The van der Waals surface area contributed by atoms with Gasteiger partial charge in [0.1, 0.15) is 0 Å². The normalized spacial score (nSPS) is 31.7. The summed E-state index contributed by atoms with van der Waals surface area (Å²) in [6.07, 6.45) is 5.33. The SMILES string of the molecule is C[C@@H](OC(=O)c1ccc(S(=O)(=O)C(F)F)cc1)C(=O)C12CC3CC(CC(C3)C1)C2. The highest BCUT2D eigenvalue weighted by molar-refractivity contribution is 7.91. The second-order valence-corrected chi connectivity index (χ2v) is 10.9. The maximum absolute atomic E-state index is 13.2. The Morgan fingerprint density at radius 3 is 1.93 bits per heavy atom. The molecule has 0 aliphatic heterocycles. The number of rotatable bonds is 6. The molecule has 4 bridgehead atoms. The van der Waals surface area contributed by atoms with Crippen LogP contribution in [0.25, 0.3) is 0 Å². The maximum atomic E-state index is 13.2. The van der Waals surface area contributed by atoms with Gasteiger partial charge in [0.05, 0.1) is 10.5 Å². The Hall–Kier alpha value is -1.83. The fourth-order valence-electron chi connectivity index (χ4n) is 6.01. The molecule has 5 nitrogen and oxygen atoms in total. The summed E-state index contributed by atoms with van der Waals surface area (Å²) in [5.74, 6) is -2.54. The van der Waals surface area contributed by atoms with Crippen molar-refractivity contribution in [3.8, 4) is 0 Å². The number of ether oxygens (including phenoxy) is 1. The number of carbonyl (C=O) groups is 2. The molecule has 0 radical (unpaired) electrons. The second kappa shape index (κ2) is 7.15. The van der Waals surface area contributed by atoms with Gasteiger partial charge in [0.2, 0.25) is 9.84 Å². The van der Waals surface area contributed by atoms with Crippen LogP contribution in [0.4, 0.5) is 8.78 Å². The highest BCUT2D eigenvalue weighted by Crippen LogP contribution is 2.60. The predicted molar refractivity (Wildman–Crippen MR) is 100 cm³/mol. The minimum atomic E-state index is -4.72. The molecule has 0 unspecified atom stereocenters. The average molecular weight is 426 g/mol. The van der Waals surface area contributed by atoms with E-state index in [1.165, 1.54) is 19.3 Å². The summed E-state index contributed by atoms with van der Waals surface area (Å²) in [6, 6.07) is 4.15. The molecule has 1 atom stereocenters. The second-order valence-electron chi connectivity index (χ2n) is 8.94. The van der Waals surface area contributed by atoms with Crippen molar-refractivity contribution in [2.75, 3.05) is 0 Å². The van der Waals surface area contributed by atoms with Crippen LogP contribution in [0.15, 0.2) is 29.2 Å². The summed E-state index contributed by atoms with van der Waals surface area (Å²) in [4.78, 5) is 25.0. The van der Waals surface area contributed by atoms with E-state index in [0.29, 0.717) is 17.8 Å². The van der Waals surface area contributed by atoms with E-state index in [0.717, 1.165) is 43.5 Å². The van der Waals surface area contributed by atoms with Gasteiger partial charge in [0.25, 0.3) is 0 Å². The summed E-state index contributed by atoms with van der Waals surface area (Å²) in [6.45, 7) is 1.58. The van der Waals surface area contributed by atoms with Gasteiger partial charge in [-0.05, 0) is 87.5 Å². The van der Waals surface area contributed by atoms with Crippen LogP contribution in [0.5, 0.6) is 0 Å². The van der Waals surface area contributed by atoms with Crippen LogP contribution in [0.1, 0.15) is 55.8 Å². The zero-order valence-electron chi connectivity index (χ0n) is 16.1. The van der Waals surface area contributed by atoms with Gasteiger partial charge in [-0.2, -0.15) is 8.78 Å². The third-order valence-electron chi connectivity index (χ3n) is 6.87. The van der Waals surface area contributed by atoms with Gasteiger partial charge in [0.15, 0.2) is 11.9 Å². The van der Waals surface area contributed by atoms with Crippen molar-refractivity contribution >= 4 is 21.6 Å². The topological polar surface area (TPSA) is 77.5 Å². The van der Waals surface area contributed by atoms with Gasteiger partial charge >= 0.3 is 11.7 Å². The number of carbonyl (C=O) groups excluding carboxylic acids is 2. The van der Waals surface area contributed by atoms with Gasteiger partial charge in [-0.3, -0.25) is 4.79 Å². The van der Waals surface area contributed by atoms with E-state index in [9.17, 15) is 26.8 Å². The van der Waals surface area contributed by atoms with E-state index in [2.05, 4.69) is 0 Å². The molecule has 0 spiro atoms. The minimum Gasteiger partial charge on any atom is -0.451 e. The number of hydrogen-bond acceptors (Lipinski definition) is 5. The molecule has 0 heterocycles. The molecular weight excluding hydrogens is 402 g/mol. The van der Waals surface area contributed by atoms with E-state index in [4.69, 9.17) is 4.74 Å². The van der Waals surface area contributed by atoms with Crippen molar-refractivity contribution in [3.05, 3.63) is 29.8 Å². The van der Waals surface area contributed by atoms with Gasteiger partial charge in [-0.15, -0.1) is 0 Å².